The van der Waals surface area contributed by atoms with Crippen LogP contribution in [0.2, 0.25) is 0 Å². The summed E-state index contributed by atoms with van der Waals surface area (Å²) in [6.07, 6.45) is 0. The summed E-state index contributed by atoms with van der Waals surface area (Å²) in [6, 6.07) is 6.77. The molecule has 154 valence electrons. The van der Waals surface area contributed by atoms with Gasteiger partial charge in [-0.1, -0.05) is 18.2 Å². The first-order chi connectivity index (χ1) is 14.0. The Hall–Kier alpha value is -4.74. The number of rotatable bonds is 7. The molecule has 30 heavy (non-hydrogen) atoms. The number of carboxylic acids is 5. The second-order valence-corrected chi connectivity index (χ2v) is 5.48. The average molecular weight is 418 g/mol. The highest BCUT2D eigenvalue weighted by molar-refractivity contribution is 6.23. The van der Waals surface area contributed by atoms with E-state index in [0.29, 0.717) is 0 Å². The van der Waals surface area contributed by atoms with Gasteiger partial charge in [-0.2, -0.15) is 0 Å². The van der Waals surface area contributed by atoms with Crippen LogP contribution in [0.4, 0.5) is 0 Å². The summed E-state index contributed by atoms with van der Waals surface area (Å²) < 4.78 is 4.85. The molecule has 12 nitrogen and oxygen atoms in total. The van der Waals surface area contributed by atoms with E-state index in [1.807, 2.05) is 0 Å². The van der Waals surface area contributed by atoms with Crippen LogP contribution < -0.4 is 4.74 Å². The molecule has 0 aliphatic carbocycles. The number of carbonyl (C=O) groups excluding carboxylic acids is 1. The second kappa shape index (κ2) is 8.10. The fourth-order valence-electron chi connectivity index (χ4n) is 2.67. The molecular weight excluding hydrogens is 408 g/mol. The van der Waals surface area contributed by atoms with Gasteiger partial charge < -0.3 is 30.3 Å². The van der Waals surface area contributed by atoms with Crippen LogP contribution in [0.5, 0.6) is 5.75 Å². The van der Waals surface area contributed by atoms with Gasteiger partial charge in [0.05, 0.1) is 33.4 Å². The summed E-state index contributed by atoms with van der Waals surface area (Å²) in [5.74, 6) is -12.9. The van der Waals surface area contributed by atoms with Crippen molar-refractivity contribution in [3.63, 3.8) is 0 Å². The molecule has 0 fully saturated rings. The van der Waals surface area contributed by atoms with Crippen LogP contribution in [0.25, 0.3) is 0 Å². The van der Waals surface area contributed by atoms with Crippen molar-refractivity contribution in [2.45, 2.75) is 0 Å². The van der Waals surface area contributed by atoms with E-state index in [1.54, 1.807) is 0 Å². The molecule has 0 amide bonds. The molecule has 0 spiro atoms. The van der Waals surface area contributed by atoms with Crippen molar-refractivity contribution in [1.29, 1.82) is 0 Å². The van der Waals surface area contributed by atoms with Gasteiger partial charge in [0, 0.05) is 0 Å². The summed E-state index contributed by atoms with van der Waals surface area (Å²) in [4.78, 5) is 70.9. The van der Waals surface area contributed by atoms with Crippen molar-refractivity contribution >= 4 is 35.8 Å². The molecule has 5 N–H and O–H groups in total. The smallest absolute Gasteiger partial charge is 0.345 e. The van der Waals surface area contributed by atoms with Crippen molar-refractivity contribution in [3.8, 4) is 5.75 Å². The van der Waals surface area contributed by atoms with Crippen LogP contribution >= 0.6 is 0 Å². The summed E-state index contributed by atoms with van der Waals surface area (Å²) in [5.41, 5.74) is -9.29. The second-order valence-electron chi connectivity index (χ2n) is 5.48. The van der Waals surface area contributed by atoms with E-state index in [9.17, 15) is 54.3 Å². The Labute approximate surface area is 165 Å². The average Bonchev–Trinajstić information content (AvgIpc) is 2.65. The largest absolute Gasteiger partial charge is 0.478 e. The minimum absolute atomic E-state index is 0.203. The molecule has 2 aromatic carbocycles. The van der Waals surface area contributed by atoms with Gasteiger partial charge >= 0.3 is 35.8 Å². The Morgan fingerprint density at radius 3 is 1.10 bits per heavy atom. The summed E-state index contributed by atoms with van der Waals surface area (Å²) in [5, 5.41) is 46.9. The van der Waals surface area contributed by atoms with Gasteiger partial charge in [0.15, 0.2) is 0 Å². The highest BCUT2D eigenvalue weighted by atomic mass is 16.5. The molecule has 0 saturated carbocycles. The molecule has 0 bridgehead atoms. The molecule has 12 heteroatoms. The standard InChI is InChI=1S/C18H10O12/c19-13(20)7-8(14(21)22)10(16(25)26)12(11(17(27)28)9(7)15(23)24)18(29)30-6-4-2-1-3-5-6/h1-5H,(H,19,20)(H,21,22)(H,23,24)(H,25,26)(H,27,28). The molecule has 0 aliphatic rings. The molecule has 0 aromatic heterocycles. The van der Waals surface area contributed by atoms with E-state index in [4.69, 9.17) is 4.74 Å². The first-order valence-electron chi connectivity index (χ1n) is 7.66. The van der Waals surface area contributed by atoms with E-state index in [1.165, 1.54) is 30.3 Å². The first kappa shape index (κ1) is 21.6. The summed E-state index contributed by atoms with van der Waals surface area (Å²) in [6.45, 7) is 0. The molecule has 0 radical (unpaired) electrons. The third kappa shape index (κ3) is 3.77. The number of hydrogen-bond donors (Lipinski definition) is 5. The molecule has 2 rings (SSSR count). The Morgan fingerprint density at radius 2 is 0.800 bits per heavy atom. The van der Waals surface area contributed by atoms with Crippen LogP contribution in [0.15, 0.2) is 30.3 Å². The van der Waals surface area contributed by atoms with Crippen LogP contribution in [0.1, 0.15) is 62.1 Å². The van der Waals surface area contributed by atoms with Crippen LogP contribution in [-0.4, -0.2) is 61.3 Å². The van der Waals surface area contributed by atoms with Gasteiger partial charge in [-0.3, -0.25) is 0 Å². The summed E-state index contributed by atoms with van der Waals surface area (Å²) in [7, 11) is 0. The zero-order valence-corrected chi connectivity index (χ0v) is 14.5. The third-order valence-electron chi connectivity index (χ3n) is 3.73. The van der Waals surface area contributed by atoms with Crippen LogP contribution in [-0.2, 0) is 0 Å². The number of carboxylic acid groups (broad SMARTS) is 5. The first-order valence-corrected chi connectivity index (χ1v) is 7.66. The molecule has 0 unspecified atom stereocenters. The SMILES string of the molecule is O=C(O)c1c(C(=O)O)c(C(=O)O)c(C(=O)Oc2ccccc2)c(C(=O)O)c1C(=O)O. The zero-order chi connectivity index (χ0) is 22.7. The van der Waals surface area contributed by atoms with E-state index in [0.717, 1.165) is 0 Å². The molecule has 2 aromatic rings. The maximum Gasteiger partial charge on any atom is 0.345 e. The zero-order valence-electron chi connectivity index (χ0n) is 14.5. The van der Waals surface area contributed by atoms with E-state index >= 15 is 0 Å². The normalized spacial score (nSPS) is 10.1. The van der Waals surface area contributed by atoms with Gasteiger partial charge in [0.25, 0.3) is 0 Å². The van der Waals surface area contributed by atoms with Crippen molar-refractivity contribution in [2.75, 3.05) is 0 Å². The fraction of sp³-hybridized carbons (Fsp3) is 0. The molecular formula is C18H10O12. The number of aromatic carboxylic acids is 5. The maximum atomic E-state index is 12.6. The number of carbonyl (C=O) groups is 6. The molecule has 0 atom stereocenters. The predicted molar refractivity (Wildman–Crippen MR) is 92.6 cm³/mol. The van der Waals surface area contributed by atoms with Gasteiger partial charge in [0.1, 0.15) is 5.75 Å². The molecule has 0 heterocycles. The Morgan fingerprint density at radius 1 is 0.500 bits per heavy atom. The Kier molecular flexibility index (Phi) is 5.82. The fourth-order valence-corrected chi connectivity index (χ4v) is 2.67. The van der Waals surface area contributed by atoms with Crippen LogP contribution in [0, 0.1) is 0 Å². The number of benzene rings is 2. The van der Waals surface area contributed by atoms with Crippen molar-refractivity contribution in [3.05, 3.63) is 63.7 Å². The number of ether oxygens (including phenoxy) is 1. The van der Waals surface area contributed by atoms with E-state index in [-0.39, 0.29) is 5.75 Å². The highest BCUT2D eigenvalue weighted by Gasteiger charge is 2.41. The van der Waals surface area contributed by atoms with Gasteiger partial charge in [-0.15, -0.1) is 0 Å². The highest BCUT2D eigenvalue weighted by Crippen LogP contribution is 2.31. The van der Waals surface area contributed by atoms with Crippen molar-refractivity contribution in [1.82, 2.24) is 0 Å². The van der Waals surface area contributed by atoms with E-state index < -0.39 is 69.2 Å². The Balaban J connectivity index is 3.08. The third-order valence-corrected chi connectivity index (χ3v) is 3.73. The lowest BCUT2D eigenvalue weighted by Gasteiger charge is -2.17. The van der Waals surface area contributed by atoms with Crippen LogP contribution in [0.3, 0.4) is 0 Å². The predicted octanol–water partition coefficient (Wildman–Crippen LogP) is 1.40. The lowest BCUT2D eigenvalue weighted by molar-refractivity contribution is 0.0597. The number of para-hydroxylation sites is 1. The monoisotopic (exact) mass is 418 g/mol. The van der Waals surface area contributed by atoms with Gasteiger partial charge in [0.2, 0.25) is 0 Å². The maximum absolute atomic E-state index is 12.6. The quantitative estimate of drug-likeness (QED) is 0.319. The summed E-state index contributed by atoms with van der Waals surface area (Å²) >= 11 is 0. The van der Waals surface area contributed by atoms with E-state index in [2.05, 4.69) is 0 Å². The molecule has 0 aliphatic heterocycles. The number of hydrogen-bond acceptors (Lipinski definition) is 7. The minimum Gasteiger partial charge on any atom is -0.478 e. The minimum atomic E-state index is -2.22. The topological polar surface area (TPSA) is 213 Å². The van der Waals surface area contributed by atoms with Gasteiger partial charge in [-0.25, -0.2) is 28.8 Å². The Bertz CT molecular complexity index is 1060. The lowest BCUT2D eigenvalue weighted by Crippen LogP contribution is -2.29. The number of esters is 1. The van der Waals surface area contributed by atoms with Crippen molar-refractivity contribution in [2.24, 2.45) is 0 Å². The lowest BCUT2D eigenvalue weighted by atomic mass is 9.86. The van der Waals surface area contributed by atoms with Crippen molar-refractivity contribution < 1.29 is 59.0 Å². The van der Waals surface area contributed by atoms with Gasteiger partial charge in [-0.05, 0) is 12.1 Å². The molecule has 0 saturated heterocycles.